The predicted molar refractivity (Wildman–Crippen MR) is 74.6 cm³/mol. The van der Waals surface area contributed by atoms with Crippen molar-refractivity contribution in [2.24, 2.45) is 0 Å². The highest BCUT2D eigenvalue weighted by Gasteiger charge is 2.15. The first-order valence-electron chi connectivity index (χ1n) is 5.98. The van der Waals surface area contributed by atoms with E-state index in [4.69, 9.17) is 9.15 Å². The van der Waals surface area contributed by atoms with Gasteiger partial charge in [0.15, 0.2) is 0 Å². The third kappa shape index (κ3) is 1.67. The summed E-state index contributed by atoms with van der Waals surface area (Å²) in [6, 6.07) is 5.79. The van der Waals surface area contributed by atoms with Gasteiger partial charge in [-0.3, -0.25) is 0 Å². The van der Waals surface area contributed by atoms with Gasteiger partial charge in [0, 0.05) is 22.9 Å². The number of hydrogen-bond acceptors (Lipinski definition) is 5. The lowest BCUT2D eigenvalue weighted by Gasteiger charge is -2.09. The number of benzene rings is 2. The molecule has 0 radical (unpaired) electrons. The van der Waals surface area contributed by atoms with E-state index in [9.17, 15) is 15.0 Å². The standard InChI is InChI=1S/C15H12O5/c1-7-3-8(16)6-12-13(7)10-4-9(17)5-11(19-2)14(10)15(18)20-12/h3-6,16-17H,1-2H3. The van der Waals surface area contributed by atoms with Crippen LogP contribution in [0.25, 0.3) is 21.7 Å². The summed E-state index contributed by atoms with van der Waals surface area (Å²) in [4.78, 5) is 12.1. The van der Waals surface area contributed by atoms with E-state index in [0.717, 1.165) is 5.56 Å². The molecule has 0 aliphatic rings. The number of aromatic hydroxyl groups is 2. The van der Waals surface area contributed by atoms with Crippen molar-refractivity contribution >= 4 is 21.7 Å². The Labute approximate surface area is 113 Å². The second-order valence-electron chi connectivity index (χ2n) is 4.60. The first-order valence-corrected chi connectivity index (χ1v) is 5.98. The third-order valence-electron chi connectivity index (χ3n) is 3.27. The van der Waals surface area contributed by atoms with Crippen molar-refractivity contribution in [3.8, 4) is 17.2 Å². The predicted octanol–water partition coefficient (Wildman–Crippen LogP) is 2.67. The molecule has 0 atom stereocenters. The highest BCUT2D eigenvalue weighted by atomic mass is 16.5. The zero-order valence-electron chi connectivity index (χ0n) is 10.9. The maximum atomic E-state index is 12.1. The molecule has 0 aliphatic heterocycles. The molecule has 2 N–H and O–H groups in total. The Morgan fingerprint density at radius 3 is 2.45 bits per heavy atom. The maximum Gasteiger partial charge on any atom is 0.347 e. The topological polar surface area (TPSA) is 79.9 Å². The van der Waals surface area contributed by atoms with Crippen molar-refractivity contribution in [1.29, 1.82) is 0 Å². The van der Waals surface area contributed by atoms with Gasteiger partial charge in [0.05, 0.1) is 7.11 Å². The van der Waals surface area contributed by atoms with Crippen molar-refractivity contribution in [1.82, 2.24) is 0 Å². The van der Waals surface area contributed by atoms with Gasteiger partial charge in [-0.05, 0) is 24.6 Å². The quantitative estimate of drug-likeness (QED) is 0.526. The van der Waals surface area contributed by atoms with E-state index in [1.54, 1.807) is 13.0 Å². The van der Waals surface area contributed by atoms with Crippen LogP contribution in [-0.2, 0) is 0 Å². The smallest absolute Gasteiger partial charge is 0.347 e. The summed E-state index contributed by atoms with van der Waals surface area (Å²) in [7, 11) is 1.42. The molecule has 0 spiro atoms. The third-order valence-corrected chi connectivity index (χ3v) is 3.27. The Hall–Kier alpha value is -2.69. The van der Waals surface area contributed by atoms with Crippen LogP contribution >= 0.6 is 0 Å². The molecule has 0 amide bonds. The monoisotopic (exact) mass is 272 g/mol. The molecule has 2 aromatic carbocycles. The summed E-state index contributed by atoms with van der Waals surface area (Å²) in [5.74, 6) is 0.265. The van der Waals surface area contributed by atoms with Gasteiger partial charge in [-0.2, -0.15) is 0 Å². The largest absolute Gasteiger partial charge is 0.508 e. The average Bonchev–Trinajstić information content (AvgIpc) is 2.36. The van der Waals surface area contributed by atoms with Crippen LogP contribution in [0.1, 0.15) is 5.56 Å². The van der Waals surface area contributed by atoms with E-state index < -0.39 is 5.63 Å². The number of methoxy groups -OCH3 is 1. The molecule has 3 aromatic rings. The van der Waals surface area contributed by atoms with Crippen LogP contribution in [0.3, 0.4) is 0 Å². The number of rotatable bonds is 1. The van der Waals surface area contributed by atoms with Crippen LogP contribution in [0.4, 0.5) is 0 Å². The fraction of sp³-hybridized carbons (Fsp3) is 0.133. The van der Waals surface area contributed by atoms with Crippen molar-refractivity contribution < 1.29 is 19.4 Å². The first kappa shape index (κ1) is 12.3. The molecule has 20 heavy (non-hydrogen) atoms. The lowest BCUT2D eigenvalue weighted by atomic mass is 10.0. The van der Waals surface area contributed by atoms with Gasteiger partial charge >= 0.3 is 5.63 Å². The Kier molecular flexibility index (Phi) is 2.57. The van der Waals surface area contributed by atoms with Crippen LogP contribution in [0.5, 0.6) is 17.2 Å². The van der Waals surface area contributed by atoms with Crippen molar-refractivity contribution in [2.45, 2.75) is 6.92 Å². The molecular weight excluding hydrogens is 260 g/mol. The molecule has 5 nitrogen and oxygen atoms in total. The molecule has 0 unspecified atom stereocenters. The number of fused-ring (bicyclic) bond motifs is 3. The molecule has 5 heteroatoms. The Morgan fingerprint density at radius 2 is 1.75 bits per heavy atom. The van der Waals surface area contributed by atoms with Gasteiger partial charge in [-0.1, -0.05) is 0 Å². The minimum Gasteiger partial charge on any atom is -0.508 e. The van der Waals surface area contributed by atoms with Crippen LogP contribution in [0, 0.1) is 6.92 Å². The zero-order chi connectivity index (χ0) is 14.4. The van der Waals surface area contributed by atoms with Gasteiger partial charge in [0.25, 0.3) is 0 Å². The lowest BCUT2D eigenvalue weighted by Crippen LogP contribution is -2.03. The lowest BCUT2D eigenvalue weighted by molar-refractivity contribution is 0.411. The molecule has 3 rings (SSSR count). The molecule has 1 aromatic heterocycles. The average molecular weight is 272 g/mol. The number of aryl methyl sites for hydroxylation is 1. The summed E-state index contributed by atoms with van der Waals surface area (Å²) >= 11 is 0. The normalized spacial score (nSPS) is 11.1. The van der Waals surface area contributed by atoms with Gasteiger partial charge in [-0.15, -0.1) is 0 Å². The Bertz CT molecular complexity index is 892. The number of phenolic OH excluding ortho intramolecular Hbond substituents is 2. The highest BCUT2D eigenvalue weighted by molar-refractivity contribution is 6.08. The van der Waals surface area contributed by atoms with E-state index in [0.29, 0.717) is 10.8 Å². The minimum absolute atomic E-state index is 0.00581. The molecule has 1 heterocycles. The van der Waals surface area contributed by atoms with E-state index in [2.05, 4.69) is 0 Å². The molecule has 0 bridgehead atoms. The van der Waals surface area contributed by atoms with E-state index >= 15 is 0 Å². The van der Waals surface area contributed by atoms with Gasteiger partial charge in [-0.25, -0.2) is 4.79 Å². The molecule has 0 aliphatic carbocycles. The second kappa shape index (κ2) is 4.16. The number of ether oxygens (including phenoxy) is 1. The summed E-state index contributed by atoms with van der Waals surface area (Å²) in [6.07, 6.45) is 0. The Balaban J connectivity index is 2.66. The van der Waals surface area contributed by atoms with E-state index in [1.807, 2.05) is 0 Å². The number of hydrogen-bond donors (Lipinski definition) is 2. The SMILES string of the molecule is COc1cc(O)cc2c1c(=O)oc1cc(O)cc(C)c12. The summed E-state index contributed by atoms with van der Waals surface area (Å²) < 4.78 is 10.4. The second-order valence-corrected chi connectivity index (χ2v) is 4.60. The fourth-order valence-corrected chi connectivity index (χ4v) is 2.48. The maximum absolute atomic E-state index is 12.1. The van der Waals surface area contributed by atoms with Crippen LogP contribution in [-0.4, -0.2) is 17.3 Å². The molecule has 0 fully saturated rings. The number of phenols is 2. The summed E-state index contributed by atoms with van der Waals surface area (Å²) in [6.45, 7) is 1.79. The van der Waals surface area contributed by atoms with Crippen LogP contribution in [0.15, 0.2) is 33.5 Å². The molecule has 102 valence electrons. The van der Waals surface area contributed by atoms with Crippen molar-refractivity contribution in [2.75, 3.05) is 7.11 Å². The molecule has 0 saturated carbocycles. The summed E-state index contributed by atoms with van der Waals surface area (Å²) in [5.41, 5.74) is 0.434. The molecule has 0 saturated heterocycles. The summed E-state index contributed by atoms with van der Waals surface area (Å²) in [5, 5.41) is 20.8. The highest BCUT2D eigenvalue weighted by Crippen LogP contribution is 2.35. The zero-order valence-corrected chi connectivity index (χ0v) is 10.9. The minimum atomic E-state index is -0.575. The van der Waals surface area contributed by atoms with E-state index in [1.165, 1.54) is 25.3 Å². The van der Waals surface area contributed by atoms with Crippen LogP contribution < -0.4 is 10.4 Å². The van der Waals surface area contributed by atoms with Crippen molar-refractivity contribution in [3.05, 3.63) is 40.2 Å². The van der Waals surface area contributed by atoms with Gasteiger partial charge < -0.3 is 19.4 Å². The van der Waals surface area contributed by atoms with Crippen molar-refractivity contribution in [3.63, 3.8) is 0 Å². The van der Waals surface area contributed by atoms with E-state index in [-0.39, 0.29) is 28.2 Å². The first-order chi connectivity index (χ1) is 9.51. The fourth-order valence-electron chi connectivity index (χ4n) is 2.48. The van der Waals surface area contributed by atoms with Gasteiger partial charge in [0.1, 0.15) is 28.2 Å². The molecular formula is C15H12O5. The van der Waals surface area contributed by atoms with Gasteiger partial charge in [0.2, 0.25) is 0 Å². The Morgan fingerprint density at radius 1 is 1.05 bits per heavy atom. The van der Waals surface area contributed by atoms with Crippen LogP contribution in [0.2, 0.25) is 0 Å².